The van der Waals surface area contributed by atoms with E-state index in [1.165, 1.54) is 0 Å². The predicted octanol–water partition coefficient (Wildman–Crippen LogP) is 3.93. The number of halogens is 2. The van der Waals surface area contributed by atoms with Crippen LogP contribution in [0, 0.1) is 10.8 Å². The zero-order chi connectivity index (χ0) is 11.5. The summed E-state index contributed by atoms with van der Waals surface area (Å²) in [4.78, 5) is 0. The molecular weight excluding hydrogens is 229 g/mol. The van der Waals surface area contributed by atoms with E-state index >= 15 is 0 Å². The number of nitrogens with one attached hydrogen (secondary N) is 1. The van der Waals surface area contributed by atoms with E-state index in [1.54, 1.807) is 0 Å². The Kier molecular flexibility index (Phi) is 4.18. The summed E-state index contributed by atoms with van der Waals surface area (Å²) in [6, 6.07) is 9.58. The number of rotatable bonds is 4. The Morgan fingerprint density at radius 1 is 1.40 bits per heavy atom. The van der Waals surface area contributed by atoms with Crippen LogP contribution in [-0.2, 0) is 0 Å². The van der Waals surface area contributed by atoms with Crippen LogP contribution in [0.15, 0.2) is 30.3 Å². The van der Waals surface area contributed by atoms with E-state index in [0.29, 0.717) is 11.6 Å². The molecule has 2 atom stereocenters. The lowest BCUT2D eigenvalue weighted by molar-refractivity contribution is 0.516. The highest BCUT2D eigenvalue weighted by Crippen LogP contribution is 2.31. The third-order valence-electron chi connectivity index (χ3n) is 2.79. The third-order valence-corrected chi connectivity index (χ3v) is 3.83. The SMILES string of the molecule is C[C@@H](Cl)C(C)(CCl)C(=N)c1ccccc1. The van der Waals surface area contributed by atoms with Gasteiger partial charge in [0.25, 0.3) is 0 Å². The van der Waals surface area contributed by atoms with Gasteiger partial charge in [0, 0.05) is 22.4 Å². The van der Waals surface area contributed by atoms with Crippen molar-refractivity contribution in [3.8, 4) is 0 Å². The van der Waals surface area contributed by atoms with Gasteiger partial charge in [-0.1, -0.05) is 37.3 Å². The first kappa shape index (κ1) is 12.5. The molecule has 1 unspecified atom stereocenters. The molecule has 15 heavy (non-hydrogen) atoms. The quantitative estimate of drug-likeness (QED) is 0.613. The standard InChI is InChI=1S/C12H15Cl2N/c1-9(14)12(2,8-13)11(15)10-6-4-3-5-7-10/h3-7,9,15H,8H2,1-2H3/t9-,12?/m1/s1. The van der Waals surface area contributed by atoms with Crippen molar-refractivity contribution in [3.63, 3.8) is 0 Å². The minimum absolute atomic E-state index is 0.164. The second kappa shape index (κ2) is 5.00. The Balaban J connectivity index is 3.03. The van der Waals surface area contributed by atoms with Gasteiger partial charge in [0.1, 0.15) is 0 Å². The molecule has 0 aromatic heterocycles. The molecular formula is C12H15Cl2N. The van der Waals surface area contributed by atoms with Gasteiger partial charge in [0.05, 0.1) is 0 Å². The lowest BCUT2D eigenvalue weighted by Gasteiger charge is -2.30. The molecule has 1 aromatic carbocycles. The molecule has 0 bridgehead atoms. The van der Waals surface area contributed by atoms with Gasteiger partial charge in [-0.05, 0) is 12.5 Å². The van der Waals surface area contributed by atoms with Crippen molar-refractivity contribution in [2.45, 2.75) is 19.2 Å². The summed E-state index contributed by atoms with van der Waals surface area (Å²) in [5.41, 5.74) is 0.901. The van der Waals surface area contributed by atoms with E-state index in [9.17, 15) is 0 Å². The van der Waals surface area contributed by atoms with Crippen molar-refractivity contribution in [3.05, 3.63) is 35.9 Å². The topological polar surface area (TPSA) is 23.9 Å². The van der Waals surface area contributed by atoms with Crippen molar-refractivity contribution in [2.24, 2.45) is 5.41 Å². The summed E-state index contributed by atoms with van der Waals surface area (Å²) in [5, 5.41) is 7.98. The number of hydrogen-bond acceptors (Lipinski definition) is 1. The molecule has 0 spiro atoms. The van der Waals surface area contributed by atoms with Crippen LogP contribution in [0.3, 0.4) is 0 Å². The highest BCUT2D eigenvalue weighted by molar-refractivity contribution is 6.27. The summed E-state index contributed by atoms with van der Waals surface area (Å²) in [7, 11) is 0. The summed E-state index contributed by atoms with van der Waals surface area (Å²) < 4.78 is 0. The lowest BCUT2D eigenvalue weighted by Crippen LogP contribution is -2.37. The molecule has 0 saturated carbocycles. The molecule has 82 valence electrons. The third kappa shape index (κ3) is 2.53. The zero-order valence-corrected chi connectivity index (χ0v) is 10.4. The van der Waals surface area contributed by atoms with E-state index in [0.717, 1.165) is 5.56 Å². The number of alkyl halides is 2. The molecule has 1 N–H and O–H groups in total. The number of hydrogen-bond donors (Lipinski definition) is 1. The average molecular weight is 244 g/mol. The molecule has 1 nitrogen and oxygen atoms in total. The molecule has 1 aromatic rings. The predicted molar refractivity (Wildman–Crippen MR) is 67.4 cm³/mol. The zero-order valence-electron chi connectivity index (χ0n) is 8.93. The van der Waals surface area contributed by atoms with Crippen LogP contribution >= 0.6 is 23.2 Å². The molecule has 0 radical (unpaired) electrons. The van der Waals surface area contributed by atoms with Gasteiger partial charge in [-0.2, -0.15) is 0 Å². The van der Waals surface area contributed by atoms with Crippen molar-refractivity contribution in [1.82, 2.24) is 0 Å². The maximum absolute atomic E-state index is 8.15. The molecule has 0 aliphatic heterocycles. The normalized spacial score (nSPS) is 16.8. The van der Waals surface area contributed by atoms with Crippen molar-refractivity contribution in [2.75, 3.05) is 5.88 Å². The Morgan fingerprint density at radius 3 is 2.33 bits per heavy atom. The molecule has 0 heterocycles. The molecule has 3 heteroatoms. The first-order chi connectivity index (χ1) is 7.02. The maximum Gasteiger partial charge on any atom is 0.0471 e. The van der Waals surface area contributed by atoms with Crippen LogP contribution in [0.25, 0.3) is 0 Å². The first-order valence-electron chi connectivity index (χ1n) is 4.87. The summed E-state index contributed by atoms with van der Waals surface area (Å²) in [6.45, 7) is 3.80. The summed E-state index contributed by atoms with van der Waals surface area (Å²) >= 11 is 12.0. The van der Waals surface area contributed by atoms with Gasteiger partial charge in [0.2, 0.25) is 0 Å². The van der Waals surface area contributed by atoms with Gasteiger partial charge >= 0.3 is 0 Å². The van der Waals surface area contributed by atoms with Crippen molar-refractivity contribution >= 4 is 28.9 Å². The fraction of sp³-hybridized carbons (Fsp3) is 0.417. The van der Waals surface area contributed by atoms with Gasteiger partial charge in [-0.15, -0.1) is 23.2 Å². The lowest BCUT2D eigenvalue weighted by atomic mass is 9.80. The van der Waals surface area contributed by atoms with E-state index in [4.69, 9.17) is 28.6 Å². The maximum atomic E-state index is 8.15. The minimum atomic E-state index is -0.482. The van der Waals surface area contributed by atoms with Gasteiger partial charge in [-0.25, -0.2) is 0 Å². The fourth-order valence-corrected chi connectivity index (χ4v) is 1.94. The van der Waals surface area contributed by atoms with Gasteiger partial charge in [-0.3, -0.25) is 0 Å². The van der Waals surface area contributed by atoms with Crippen LogP contribution in [0.2, 0.25) is 0 Å². The first-order valence-corrected chi connectivity index (χ1v) is 5.84. The fourth-order valence-electron chi connectivity index (χ4n) is 1.31. The average Bonchev–Trinajstić information content (AvgIpc) is 2.28. The molecule has 0 saturated heterocycles. The minimum Gasteiger partial charge on any atom is -0.304 e. The van der Waals surface area contributed by atoms with E-state index in [2.05, 4.69) is 0 Å². The van der Waals surface area contributed by atoms with Crippen LogP contribution in [0.1, 0.15) is 19.4 Å². The Labute approximate surface area is 101 Å². The Hall–Kier alpha value is -0.530. The van der Waals surface area contributed by atoms with Gasteiger partial charge in [0.15, 0.2) is 0 Å². The second-order valence-corrected chi connectivity index (χ2v) is 4.83. The number of benzene rings is 1. The van der Waals surface area contributed by atoms with E-state index < -0.39 is 5.41 Å². The molecule has 0 aliphatic rings. The molecule has 1 rings (SSSR count). The molecule has 0 fully saturated rings. The van der Waals surface area contributed by atoms with Crippen molar-refractivity contribution < 1.29 is 0 Å². The smallest absolute Gasteiger partial charge is 0.0471 e. The summed E-state index contributed by atoms with van der Waals surface area (Å²) in [5.74, 6) is 0.353. The van der Waals surface area contributed by atoms with E-state index in [1.807, 2.05) is 44.2 Å². The highest BCUT2D eigenvalue weighted by Gasteiger charge is 2.34. The second-order valence-electron chi connectivity index (χ2n) is 3.91. The van der Waals surface area contributed by atoms with Crippen LogP contribution < -0.4 is 0 Å². The van der Waals surface area contributed by atoms with Gasteiger partial charge < -0.3 is 5.41 Å². The monoisotopic (exact) mass is 243 g/mol. The molecule has 0 aliphatic carbocycles. The van der Waals surface area contributed by atoms with Crippen LogP contribution in [0.4, 0.5) is 0 Å². The Morgan fingerprint density at radius 2 is 1.93 bits per heavy atom. The Bertz CT molecular complexity index is 335. The van der Waals surface area contributed by atoms with Crippen LogP contribution in [0.5, 0.6) is 0 Å². The highest BCUT2D eigenvalue weighted by atomic mass is 35.5. The molecule has 0 amide bonds. The van der Waals surface area contributed by atoms with E-state index in [-0.39, 0.29) is 5.38 Å². The van der Waals surface area contributed by atoms with Crippen molar-refractivity contribution in [1.29, 1.82) is 5.41 Å². The largest absolute Gasteiger partial charge is 0.304 e. The summed E-state index contributed by atoms with van der Waals surface area (Å²) in [6.07, 6.45) is 0. The van der Waals surface area contributed by atoms with Crippen LogP contribution in [-0.4, -0.2) is 17.0 Å².